The van der Waals surface area contributed by atoms with E-state index in [-0.39, 0.29) is 30.7 Å². The van der Waals surface area contributed by atoms with E-state index < -0.39 is 17.5 Å². The lowest BCUT2D eigenvalue weighted by Crippen LogP contribution is -2.52. The number of rotatable bonds is 8. The van der Waals surface area contributed by atoms with Crippen LogP contribution in [0, 0.1) is 0 Å². The van der Waals surface area contributed by atoms with E-state index in [1.165, 1.54) is 12.0 Å². The van der Waals surface area contributed by atoms with Gasteiger partial charge in [0.25, 0.3) is 17.7 Å². The van der Waals surface area contributed by atoms with Gasteiger partial charge in [0.05, 0.1) is 13.7 Å². The number of nitrogens with zero attached hydrogens (tertiary/aromatic N) is 2. The van der Waals surface area contributed by atoms with E-state index in [1.54, 1.807) is 42.5 Å². The largest absolute Gasteiger partial charge is 0.497 e. The average Bonchev–Trinajstić information content (AvgIpc) is 3.52. The number of carbonyl (C=O) groups is 4. The fourth-order valence-electron chi connectivity index (χ4n) is 4.61. The van der Waals surface area contributed by atoms with Crippen molar-refractivity contribution >= 4 is 34.7 Å². The normalized spacial score (nSPS) is 18.8. The van der Waals surface area contributed by atoms with Crippen LogP contribution >= 0.6 is 0 Å². The van der Waals surface area contributed by atoms with Crippen LogP contribution in [0.5, 0.6) is 5.75 Å². The highest BCUT2D eigenvalue weighted by Gasteiger charge is 2.53. The average molecular weight is 506 g/mol. The molecular weight excluding hydrogens is 478 g/mol. The molecule has 2 aromatic carbocycles. The molecule has 0 spiro atoms. The van der Waals surface area contributed by atoms with Gasteiger partial charge in [-0.1, -0.05) is 12.1 Å². The number of likely N-dealkylation sites (N-methyl/N-ethyl adjacent to an activating group) is 1. The highest BCUT2D eigenvalue weighted by Crippen LogP contribution is 2.35. The van der Waals surface area contributed by atoms with Gasteiger partial charge in [-0.15, -0.1) is 0 Å². The molecule has 5 amide bonds. The Hall–Kier alpha value is -4.38. The second-order valence-electron chi connectivity index (χ2n) is 9.42. The summed E-state index contributed by atoms with van der Waals surface area (Å²) in [5.74, 6) is -0.444. The van der Waals surface area contributed by atoms with Crippen LogP contribution in [-0.4, -0.2) is 74.4 Å². The molecule has 1 atom stereocenters. The highest BCUT2D eigenvalue weighted by molar-refractivity contribution is 6.08. The fourth-order valence-corrected chi connectivity index (χ4v) is 4.61. The lowest BCUT2D eigenvalue weighted by Gasteiger charge is -2.29. The van der Waals surface area contributed by atoms with E-state index in [0.29, 0.717) is 40.9 Å². The van der Waals surface area contributed by atoms with E-state index >= 15 is 0 Å². The van der Waals surface area contributed by atoms with Crippen LogP contribution in [0.4, 0.5) is 4.79 Å². The van der Waals surface area contributed by atoms with Gasteiger partial charge in [0, 0.05) is 36.1 Å². The highest BCUT2D eigenvalue weighted by atomic mass is 16.5. The number of hydrogen-bond acceptors (Lipinski definition) is 7. The summed E-state index contributed by atoms with van der Waals surface area (Å²) in [7, 11) is 5.36. The second-order valence-corrected chi connectivity index (χ2v) is 9.42. The van der Waals surface area contributed by atoms with E-state index in [1.807, 2.05) is 19.0 Å². The van der Waals surface area contributed by atoms with Gasteiger partial charge in [0.1, 0.15) is 17.1 Å². The maximum Gasteiger partial charge on any atom is 0.322 e. The molecule has 11 heteroatoms. The number of urea groups is 1. The summed E-state index contributed by atoms with van der Waals surface area (Å²) < 4.78 is 11.3. The summed E-state index contributed by atoms with van der Waals surface area (Å²) in [4.78, 5) is 54.6. The molecule has 1 aromatic heterocycles. The molecule has 3 heterocycles. The third-order valence-electron chi connectivity index (χ3n) is 6.61. The Morgan fingerprint density at radius 1 is 1.16 bits per heavy atom. The molecule has 2 aliphatic heterocycles. The summed E-state index contributed by atoms with van der Waals surface area (Å²) in [6.45, 7) is 1.31. The van der Waals surface area contributed by atoms with Crippen LogP contribution < -0.4 is 20.7 Å². The summed E-state index contributed by atoms with van der Waals surface area (Å²) in [6.07, 6.45) is 0. The van der Waals surface area contributed by atoms with Crippen molar-refractivity contribution in [2.24, 2.45) is 0 Å². The van der Waals surface area contributed by atoms with Crippen molar-refractivity contribution in [3.63, 3.8) is 0 Å². The Kier molecular flexibility index (Phi) is 6.08. The predicted octanol–water partition coefficient (Wildman–Crippen LogP) is 1.42. The molecule has 0 saturated carbocycles. The van der Waals surface area contributed by atoms with Crippen LogP contribution in [0.3, 0.4) is 0 Å². The van der Waals surface area contributed by atoms with Crippen molar-refractivity contribution in [2.75, 3.05) is 40.8 Å². The standard InChI is InChI=1S/C26H27N5O6/c1-30(2)9-8-27-22(32)16-5-4-15-11-21(37-20(15)10-16)26(24(34)28-25(35)29-26)14-31-13-17-6-7-18(36-3)12-19(17)23(31)33/h4-7,10-12H,8-9,13-14H2,1-3H3,(H,27,32)(H2,28,29,34,35). The number of imide groups is 1. The minimum absolute atomic E-state index is 0.141. The van der Waals surface area contributed by atoms with E-state index in [4.69, 9.17) is 9.15 Å². The van der Waals surface area contributed by atoms with Crippen LogP contribution in [0.2, 0.25) is 0 Å². The molecule has 3 aromatic rings. The molecule has 37 heavy (non-hydrogen) atoms. The Morgan fingerprint density at radius 2 is 1.97 bits per heavy atom. The molecule has 2 aliphatic rings. The zero-order chi connectivity index (χ0) is 26.3. The zero-order valence-electron chi connectivity index (χ0n) is 20.7. The van der Waals surface area contributed by atoms with Gasteiger partial charge in [-0.25, -0.2) is 4.79 Å². The van der Waals surface area contributed by atoms with E-state index in [9.17, 15) is 19.2 Å². The number of fused-ring (bicyclic) bond motifs is 2. The molecule has 5 rings (SSSR count). The van der Waals surface area contributed by atoms with Gasteiger partial charge in [0.2, 0.25) is 0 Å². The maximum absolute atomic E-state index is 13.2. The number of amides is 5. The van der Waals surface area contributed by atoms with Crippen molar-refractivity contribution < 1.29 is 28.3 Å². The number of ether oxygens (including phenoxy) is 1. The number of nitrogens with one attached hydrogen (secondary N) is 3. The topological polar surface area (TPSA) is 133 Å². The van der Waals surface area contributed by atoms with Crippen LogP contribution in [0.25, 0.3) is 11.0 Å². The summed E-state index contributed by atoms with van der Waals surface area (Å²) in [6, 6.07) is 11.2. The first kappa shape index (κ1) is 24.3. The van der Waals surface area contributed by atoms with Crippen LogP contribution in [0.1, 0.15) is 32.0 Å². The SMILES string of the molecule is COc1ccc2c(c1)C(=O)N(CC1(c3cc4ccc(C(=O)NCCN(C)C)cc4o3)NC(=O)NC1=O)C2. The summed E-state index contributed by atoms with van der Waals surface area (Å²) in [5.41, 5.74) is 0.421. The molecule has 192 valence electrons. The quantitative estimate of drug-likeness (QED) is 0.395. The molecule has 1 saturated heterocycles. The predicted molar refractivity (Wildman–Crippen MR) is 133 cm³/mol. The van der Waals surface area contributed by atoms with Crippen molar-refractivity contribution in [1.82, 2.24) is 25.8 Å². The molecule has 3 N–H and O–H groups in total. The lowest BCUT2D eigenvalue weighted by molar-refractivity contribution is -0.125. The Bertz CT molecular complexity index is 1430. The Balaban J connectivity index is 1.44. The first-order chi connectivity index (χ1) is 17.7. The van der Waals surface area contributed by atoms with Crippen LogP contribution in [0.15, 0.2) is 46.9 Å². The summed E-state index contributed by atoms with van der Waals surface area (Å²) >= 11 is 0. The molecular formula is C26H27N5O6. The van der Waals surface area contributed by atoms with Crippen molar-refractivity contribution in [3.05, 3.63) is 64.9 Å². The maximum atomic E-state index is 13.2. The van der Waals surface area contributed by atoms with E-state index in [2.05, 4.69) is 16.0 Å². The third-order valence-corrected chi connectivity index (χ3v) is 6.61. The van der Waals surface area contributed by atoms with Crippen molar-refractivity contribution in [2.45, 2.75) is 12.1 Å². The van der Waals surface area contributed by atoms with Gasteiger partial charge >= 0.3 is 6.03 Å². The zero-order valence-corrected chi connectivity index (χ0v) is 20.7. The van der Waals surface area contributed by atoms with Gasteiger partial charge in [0.15, 0.2) is 5.54 Å². The first-order valence-electron chi connectivity index (χ1n) is 11.8. The monoisotopic (exact) mass is 505 g/mol. The fraction of sp³-hybridized carbons (Fsp3) is 0.308. The van der Waals surface area contributed by atoms with Gasteiger partial charge < -0.3 is 29.6 Å². The Morgan fingerprint density at radius 3 is 2.68 bits per heavy atom. The van der Waals surface area contributed by atoms with E-state index in [0.717, 1.165) is 5.56 Å². The second kappa shape index (κ2) is 9.25. The smallest absolute Gasteiger partial charge is 0.322 e. The number of carbonyl (C=O) groups excluding carboxylic acids is 4. The minimum atomic E-state index is -1.63. The minimum Gasteiger partial charge on any atom is -0.497 e. The lowest BCUT2D eigenvalue weighted by atomic mass is 9.95. The number of hydrogen-bond donors (Lipinski definition) is 3. The van der Waals surface area contributed by atoms with Crippen molar-refractivity contribution in [1.29, 1.82) is 0 Å². The number of methoxy groups -OCH3 is 1. The molecule has 1 fully saturated rings. The van der Waals surface area contributed by atoms with Gasteiger partial charge in [-0.3, -0.25) is 19.7 Å². The van der Waals surface area contributed by atoms with Crippen LogP contribution in [-0.2, 0) is 16.9 Å². The third kappa shape index (κ3) is 4.38. The first-order valence-corrected chi connectivity index (χ1v) is 11.8. The number of benzene rings is 2. The Labute approximate surface area is 212 Å². The van der Waals surface area contributed by atoms with Gasteiger partial charge in [-0.2, -0.15) is 0 Å². The van der Waals surface area contributed by atoms with Crippen molar-refractivity contribution in [3.8, 4) is 5.75 Å². The summed E-state index contributed by atoms with van der Waals surface area (Å²) in [5, 5.41) is 8.43. The molecule has 1 unspecified atom stereocenters. The molecule has 0 radical (unpaired) electrons. The van der Waals surface area contributed by atoms with Gasteiger partial charge in [-0.05, 0) is 50.0 Å². The molecule has 0 bridgehead atoms. The molecule has 11 nitrogen and oxygen atoms in total. The molecule has 0 aliphatic carbocycles. The number of furan rings is 1.